The Morgan fingerprint density at radius 2 is 1.76 bits per heavy atom. The van der Waals surface area contributed by atoms with Crippen LogP contribution in [-0.2, 0) is 4.79 Å². The van der Waals surface area contributed by atoms with E-state index >= 15 is 0 Å². The van der Waals surface area contributed by atoms with Crippen molar-refractivity contribution in [3.63, 3.8) is 0 Å². The zero-order valence-electron chi connectivity index (χ0n) is 10.5. The first-order valence-corrected chi connectivity index (χ1v) is 6.78. The summed E-state index contributed by atoms with van der Waals surface area (Å²) in [6, 6.07) is 0. The molecule has 0 unspecified atom stereocenters. The van der Waals surface area contributed by atoms with Crippen LogP contribution in [0, 0.1) is 0 Å². The lowest BCUT2D eigenvalue weighted by atomic mass is 9.76. The summed E-state index contributed by atoms with van der Waals surface area (Å²) in [5.41, 5.74) is 5.62. The highest BCUT2D eigenvalue weighted by Gasteiger charge is 2.39. The third-order valence-electron chi connectivity index (χ3n) is 4.38. The molecule has 2 aliphatic carbocycles. The summed E-state index contributed by atoms with van der Waals surface area (Å²) < 4.78 is 0. The number of nitrogens with one attached hydrogen (secondary N) is 1. The lowest BCUT2D eigenvalue weighted by molar-refractivity contribution is -0.126. The molecule has 0 bridgehead atoms. The molecule has 0 aromatic carbocycles. The standard InChI is InChI=1S/C13H24N2O2/c14-12(5-2-1-3-6-12)9-11(17)15-13(10-16)7-4-8-13/h16H,1-10,14H2,(H,15,17). The third kappa shape index (κ3) is 2.99. The minimum absolute atomic E-state index is 0.0168. The maximum Gasteiger partial charge on any atom is 0.222 e. The number of carbonyl (C=O) groups excluding carboxylic acids is 1. The Morgan fingerprint density at radius 3 is 2.24 bits per heavy atom. The summed E-state index contributed by atoms with van der Waals surface area (Å²) in [4.78, 5) is 12.0. The molecule has 2 saturated carbocycles. The summed E-state index contributed by atoms with van der Waals surface area (Å²) in [5, 5.41) is 12.3. The van der Waals surface area contributed by atoms with Crippen LogP contribution in [0.3, 0.4) is 0 Å². The van der Waals surface area contributed by atoms with E-state index in [0.717, 1.165) is 44.9 Å². The van der Waals surface area contributed by atoms with Crippen molar-refractivity contribution >= 4 is 5.91 Å². The normalized spacial score (nSPS) is 26.0. The van der Waals surface area contributed by atoms with Gasteiger partial charge in [-0.05, 0) is 32.1 Å². The van der Waals surface area contributed by atoms with Gasteiger partial charge in [-0.1, -0.05) is 19.3 Å². The van der Waals surface area contributed by atoms with Gasteiger partial charge in [0.15, 0.2) is 0 Å². The predicted molar refractivity (Wildman–Crippen MR) is 66.4 cm³/mol. The number of hydrogen-bond donors (Lipinski definition) is 3. The van der Waals surface area contributed by atoms with Gasteiger partial charge in [0.1, 0.15) is 0 Å². The van der Waals surface area contributed by atoms with E-state index in [9.17, 15) is 9.90 Å². The Balaban J connectivity index is 1.84. The van der Waals surface area contributed by atoms with Crippen LogP contribution >= 0.6 is 0 Å². The van der Waals surface area contributed by atoms with Crippen molar-refractivity contribution in [1.82, 2.24) is 5.32 Å². The van der Waals surface area contributed by atoms with Gasteiger partial charge in [0.25, 0.3) is 0 Å². The van der Waals surface area contributed by atoms with Gasteiger partial charge in [0.2, 0.25) is 5.91 Å². The molecule has 2 rings (SSSR count). The van der Waals surface area contributed by atoms with E-state index in [0.29, 0.717) is 6.42 Å². The predicted octanol–water partition coefficient (Wildman–Crippen LogP) is 1.07. The molecule has 0 spiro atoms. The van der Waals surface area contributed by atoms with Gasteiger partial charge in [0.05, 0.1) is 12.1 Å². The summed E-state index contributed by atoms with van der Waals surface area (Å²) in [6.07, 6.45) is 8.70. The third-order valence-corrected chi connectivity index (χ3v) is 4.38. The van der Waals surface area contributed by atoms with Gasteiger partial charge in [-0.2, -0.15) is 0 Å². The van der Waals surface area contributed by atoms with E-state index in [2.05, 4.69) is 5.32 Å². The molecule has 4 N–H and O–H groups in total. The Bertz CT molecular complexity index is 276. The zero-order chi connectivity index (χ0) is 12.4. The van der Waals surface area contributed by atoms with Gasteiger partial charge in [-0.25, -0.2) is 0 Å². The lowest BCUT2D eigenvalue weighted by Crippen LogP contribution is -2.58. The molecule has 98 valence electrons. The minimum Gasteiger partial charge on any atom is -0.394 e. The maximum atomic E-state index is 12.0. The van der Waals surface area contributed by atoms with Gasteiger partial charge >= 0.3 is 0 Å². The van der Waals surface area contributed by atoms with E-state index in [4.69, 9.17) is 5.73 Å². The average Bonchev–Trinajstić information content (AvgIpc) is 2.24. The van der Waals surface area contributed by atoms with E-state index < -0.39 is 0 Å². The number of rotatable bonds is 4. The van der Waals surface area contributed by atoms with Crippen molar-refractivity contribution in [2.75, 3.05) is 6.61 Å². The van der Waals surface area contributed by atoms with Crippen molar-refractivity contribution in [2.45, 2.75) is 68.9 Å². The zero-order valence-corrected chi connectivity index (χ0v) is 10.5. The first kappa shape index (κ1) is 12.8. The van der Waals surface area contributed by atoms with E-state index in [1.54, 1.807) is 0 Å². The van der Waals surface area contributed by atoms with Gasteiger partial charge in [0, 0.05) is 12.0 Å². The quantitative estimate of drug-likeness (QED) is 0.688. The molecule has 0 heterocycles. The fraction of sp³-hybridized carbons (Fsp3) is 0.923. The first-order chi connectivity index (χ1) is 8.08. The lowest BCUT2D eigenvalue weighted by Gasteiger charge is -2.42. The van der Waals surface area contributed by atoms with E-state index in [1.807, 2.05) is 0 Å². The number of hydrogen-bond acceptors (Lipinski definition) is 3. The summed E-state index contributed by atoms with van der Waals surface area (Å²) in [6.45, 7) is 0.0519. The highest BCUT2D eigenvalue weighted by molar-refractivity contribution is 5.78. The van der Waals surface area contributed by atoms with Crippen molar-refractivity contribution in [3.05, 3.63) is 0 Å². The molecule has 1 amide bonds. The second-order valence-corrected chi connectivity index (χ2v) is 5.94. The number of aliphatic hydroxyl groups excluding tert-OH is 1. The second kappa shape index (κ2) is 4.94. The number of aliphatic hydroxyl groups is 1. The van der Waals surface area contributed by atoms with Crippen molar-refractivity contribution in [2.24, 2.45) is 5.73 Å². The molecule has 0 saturated heterocycles. The van der Waals surface area contributed by atoms with Crippen LogP contribution in [0.15, 0.2) is 0 Å². The number of carbonyl (C=O) groups is 1. The summed E-state index contributed by atoms with van der Waals surface area (Å²) >= 11 is 0. The molecular formula is C13H24N2O2. The topological polar surface area (TPSA) is 75.4 Å². The Kier molecular flexibility index (Phi) is 3.73. The number of amides is 1. The Morgan fingerprint density at radius 1 is 1.12 bits per heavy atom. The van der Waals surface area contributed by atoms with Crippen LogP contribution in [0.1, 0.15) is 57.8 Å². The van der Waals surface area contributed by atoms with Gasteiger partial charge < -0.3 is 16.2 Å². The van der Waals surface area contributed by atoms with E-state index in [-0.39, 0.29) is 23.6 Å². The Labute approximate surface area is 103 Å². The summed E-state index contributed by atoms with van der Waals surface area (Å²) in [7, 11) is 0. The molecular weight excluding hydrogens is 216 g/mol. The molecule has 0 aliphatic heterocycles. The monoisotopic (exact) mass is 240 g/mol. The van der Waals surface area contributed by atoms with Crippen molar-refractivity contribution in [3.8, 4) is 0 Å². The smallest absolute Gasteiger partial charge is 0.222 e. The van der Waals surface area contributed by atoms with E-state index in [1.165, 1.54) is 6.42 Å². The molecule has 0 aromatic heterocycles. The van der Waals surface area contributed by atoms with Crippen LogP contribution < -0.4 is 11.1 Å². The van der Waals surface area contributed by atoms with Crippen LogP contribution in [-0.4, -0.2) is 28.7 Å². The van der Waals surface area contributed by atoms with Crippen molar-refractivity contribution < 1.29 is 9.90 Å². The first-order valence-electron chi connectivity index (χ1n) is 6.78. The largest absolute Gasteiger partial charge is 0.394 e. The van der Waals surface area contributed by atoms with Crippen molar-refractivity contribution in [1.29, 1.82) is 0 Å². The molecule has 4 nitrogen and oxygen atoms in total. The Hall–Kier alpha value is -0.610. The number of nitrogens with two attached hydrogens (primary N) is 1. The molecule has 17 heavy (non-hydrogen) atoms. The molecule has 2 fully saturated rings. The average molecular weight is 240 g/mol. The van der Waals surface area contributed by atoms with Gasteiger partial charge in [-0.15, -0.1) is 0 Å². The van der Waals surface area contributed by atoms with Crippen LogP contribution in [0.4, 0.5) is 0 Å². The highest BCUT2D eigenvalue weighted by atomic mass is 16.3. The van der Waals surface area contributed by atoms with Crippen LogP contribution in [0.5, 0.6) is 0 Å². The highest BCUT2D eigenvalue weighted by Crippen LogP contribution is 2.33. The minimum atomic E-state index is -0.331. The molecule has 0 atom stereocenters. The van der Waals surface area contributed by atoms with Crippen LogP contribution in [0.25, 0.3) is 0 Å². The SMILES string of the molecule is NC1(CC(=O)NC2(CO)CCC2)CCCCC1. The molecule has 0 aromatic rings. The van der Waals surface area contributed by atoms with Gasteiger partial charge in [-0.3, -0.25) is 4.79 Å². The fourth-order valence-corrected chi connectivity index (χ4v) is 3.02. The summed E-state index contributed by atoms with van der Waals surface area (Å²) in [5.74, 6) is 0.0168. The molecule has 4 heteroatoms. The molecule has 0 radical (unpaired) electrons. The second-order valence-electron chi connectivity index (χ2n) is 5.94. The maximum absolute atomic E-state index is 12.0. The van der Waals surface area contributed by atoms with Crippen LogP contribution in [0.2, 0.25) is 0 Å². The fourth-order valence-electron chi connectivity index (χ4n) is 3.02. The molecule has 2 aliphatic rings.